The van der Waals surface area contributed by atoms with Crippen molar-refractivity contribution in [2.45, 2.75) is 208 Å². The third kappa shape index (κ3) is 32.9. The van der Waals surface area contributed by atoms with Crippen LogP contribution in [0.15, 0.2) is 66.8 Å². The molecule has 1 fully saturated rings. The van der Waals surface area contributed by atoms with Crippen LogP contribution in [-0.2, 0) is 57.8 Å². The van der Waals surface area contributed by atoms with Crippen molar-refractivity contribution in [2.24, 2.45) is 5.92 Å². The van der Waals surface area contributed by atoms with E-state index in [2.05, 4.69) is 81.2 Å². The van der Waals surface area contributed by atoms with Crippen LogP contribution in [0.1, 0.15) is 198 Å². The van der Waals surface area contributed by atoms with Crippen LogP contribution >= 0.6 is 0 Å². The number of hydrogen-bond acceptors (Lipinski definition) is 10. The highest BCUT2D eigenvalue weighted by Gasteiger charge is 2.21. The van der Waals surface area contributed by atoms with Crippen molar-refractivity contribution in [1.29, 1.82) is 0 Å². The lowest BCUT2D eigenvalue weighted by Gasteiger charge is -2.31. The SMILES string of the molecule is CCCC/C=C\CCOC(CCC(=O)OCc1cc(COC(=O)CCCCCCC/C=C\C/C=C\CCCCC)cc(COC(=O)OCC2CCCN(CC)C2)c1)OCC/C=C\CCCC. The van der Waals surface area contributed by atoms with Crippen LogP contribution in [-0.4, -0.2) is 68.7 Å². The summed E-state index contributed by atoms with van der Waals surface area (Å²) in [6.07, 6.45) is 40.2. The summed E-state index contributed by atoms with van der Waals surface area (Å²) in [5.74, 6) is -0.327. The van der Waals surface area contributed by atoms with Crippen LogP contribution in [0.4, 0.5) is 4.79 Å². The third-order valence-corrected chi connectivity index (χ3v) is 11.6. The topological polar surface area (TPSA) is 110 Å². The van der Waals surface area contributed by atoms with Crippen LogP contribution in [0, 0.1) is 5.92 Å². The normalized spacial score (nSPS) is 14.7. The van der Waals surface area contributed by atoms with E-state index in [0.717, 1.165) is 109 Å². The average Bonchev–Trinajstić information content (AvgIpc) is 3.33. The van der Waals surface area contributed by atoms with Gasteiger partial charge in [0.1, 0.15) is 19.8 Å². The summed E-state index contributed by atoms with van der Waals surface area (Å²) in [4.78, 5) is 40.9. The fraction of sp³-hybridized carbons (Fsp3) is 0.696. The summed E-state index contributed by atoms with van der Waals surface area (Å²) in [5, 5.41) is 0. The number of allylic oxidation sites excluding steroid dienone is 6. The number of benzene rings is 1. The van der Waals surface area contributed by atoms with Crippen LogP contribution < -0.4 is 0 Å². The third-order valence-electron chi connectivity index (χ3n) is 11.6. The number of unbranched alkanes of at least 4 members (excludes halogenated alkanes) is 12. The van der Waals surface area contributed by atoms with Crippen LogP contribution in [0.25, 0.3) is 0 Å². The van der Waals surface area contributed by atoms with Crippen LogP contribution in [0.2, 0.25) is 0 Å². The maximum atomic E-state index is 13.1. The second-order valence-electron chi connectivity index (χ2n) is 17.7. The van der Waals surface area contributed by atoms with E-state index >= 15 is 0 Å². The number of piperidine rings is 1. The number of esters is 2. The van der Waals surface area contributed by atoms with E-state index in [-0.39, 0.29) is 38.2 Å². The number of nitrogens with zero attached hydrogens (tertiary/aromatic N) is 1. The van der Waals surface area contributed by atoms with Gasteiger partial charge in [-0.25, -0.2) is 4.79 Å². The van der Waals surface area contributed by atoms with Gasteiger partial charge in [0.05, 0.1) is 26.2 Å². The number of rotatable bonds is 40. The number of carbonyl (C=O) groups excluding carboxylic acids is 3. The lowest BCUT2D eigenvalue weighted by atomic mass is 9.99. The van der Waals surface area contributed by atoms with Gasteiger partial charge < -0.3 is 33.3 Å². The molecule has 10 nitrogen and oxygen atoms in total. The fourth-order valence-corrected chi connectivity index (χ4v) is 7.69. The first kappa shape index (κ1) is 58.4. The second kappa shape index (κ2) is 41.5. The van der Waals surface area contributed by atoms with Gasteiger partial charge in [-0.1, -0.05) is 134 Å². The smallest absolute Gasteiger partial charge is 0.461 e. The molecule has 0 radical (unpaired) electrons. The molecule has 66 heavy (non-hydrogen) atoms. The van der Waals surface area contributed by atoms with Gasteiger partial charge in [0.25, 0.3) is 0 Å². The molecule has 1 unspecified atom stereocenters. The van der Waals surface area contributed by atoms with E-state index in [1.165, 1.54) is 51.4 Å². The van der Waals surface area contributed by atoms with Gasteiger partial charge in [0, 0.05) is 25.3 Å². The van der Waals surface area contributed by atoms with Crippen LogP contribution in [0.5, 0.6) is 0 Å². The molecule has 0 aromatic heterocycles. The number of carbonyl (C=O) groups is 3. The molecule has 0 N–H and O–H groups in total. The molecule has 2 rings (SSSR count). The van der Waals surface area contributed by atoms with E-state index in [9.17, 15) is 14.4 Å². The lowest BCUT2D eigenvalue weighted by molar-refractivity contribution is -0.158. The number of ether oxygens (including phenoxy) is 6. The van der Waals surface area contributed by atoms with E-state index in [0.29, 0.717) is 49.7 Å². The molecule has 1 heterocycles. The largest absolute Gasteiger partial charge is 0.508 e. The molecule has 1 aromatic carbocycles. The zero-order chi connectivity index (χ0) is 47.6. The minimum Gasteiger partial charge on any atom is -0.461 e. The Kier molecular flexibility index (Phi) is 36.7. The first-order chi connectivity index (χ1) is 32.4. The number of likely N-dealkylation sites (tertiary alicyclic amines) is 1. The molecule has 0 saturated carbocycles. The monoisotopic (exact) mass is 922 g/mol. The Morgan fingerprint density at radius 2 is 1.08 bits per heavy atom. The Morgan fingerprint density at radius 3 is 1.67 bits per heavy atom. The van der Waals surface area contributed by atoms with Crippen molar-refractivity contribution < 1.29 is 42.8 Å². The lowest BCUT2D eigenvalue weighted by Crippen LogP contribution is -2.37. The average molecular weight is 922 g/mol. The maximum Gasteiger partial charge on any atom is 0.508 e. The fourth-order valence-electron chi connectivity index (χ4n) is 7.69. The minimum absolute atomic E-state index is 0.0110. The molecule has 0 aliphatic carbocycles. The molecule has 0 spiro atoms. The molecule has 0 amide bonds. The molecule has 1 saturated heterocycles. The van der Waals surface area contributed by atoms with E-state index < -0.39 is 12.4 Å². The van der Waals surface area contributed by atoms with Gasteiger partial charge in [-0.15, -0.1) is 0 Å². The van der Waals surface area contributed by atoms with Crippen molar-refractivity contribution in [2.75, 3.05) is 39.5 Å². The van der Waals surface area contributed by atoms with Crippen molar-refractivity contribution in [3.8, 4) is 0 Å². The second-order valence-corrected chi connectivity index (χ2v) is 17.7. The molecule has 10 heteroatoms. The van der Waals surface area contributed by atoms with Gasteiger partial charge in [-0.3, -0.25) is 9.59 Å². The Balaban J connectivity index is 1.90. The molecule has 374 valence electrons. The van der Waals surface area contributed by atoms with E-state index in [4.69, 9.17) is 28.4 Å². The highest BCUT2D eigenvalue weighted by molar-refractivity contribution is 5.69. The Hall–Kier alpha value is -3.73. The molecule has 1 aromatic rings. The predicted molar refractivity (Wildman–Crippen MR) is 268 cm³/mol. The van der Waals surface area contributed by atoms with Crippen molar-refractivity contribution >= 4 is 18.1 Å². The standard InChI is InChI=1S/C56H91NO9/c1-5-9-12-15-18-19-20-21-22-23-24-25-26-27-30-35-53(58)63-46-50-41-51(43-52(42-50)48-66-56(60)65-45-49-34-33-38-57(8-4)44-49)47-64-54(59)36-37-55(61-39-31-28-16-13-10-6-2)62-40-32-29-17-14-11-7-3/h16-19,21-22,28-29,41-43,49,55H,5-15,20,23-27,30-40,44-48H2,1-4H3/b19-18-,22-21-,28-16-,29-17-. The molecule has 1 atom stereocenters. The quantitative estimate of drug-likeness (QED) is 0.0207. The molecular weight excluding hydrogens is 831 g/mol. The molecule has 1 aliphatic heterocycles. The Morgan fingerprint density at radius 1 is 0.576 bits per heavy atom. The van der Waals surface area contributed by atoms with E-state index in [1.807, 2.05) is 18.2 Å². The number of hydrogen-bond donors (Lipinski definition) is 0. The first-order valence-corrected chi connectivity index (χ1v) is 26.1. The van der Waals surface area contributed by atoms with Gasteiger partial charge in [-0.2, -0.15) is 0 Å². The Bertz CT molecular complexity index is 1480. The summed E-state index contributed by atoms with van der Waals surface area (Å²) in [7, 11) is 0. The summed E-state index contributed by atoms with van der Waals surface area (Å²) in [6.45, 7) is 13.1. The van der Waals surface area contributed by atoms with Gasteiger partial charge in [-0.05, 0) is 125 Å². The minimum atomic E-state index is -0.718. The van der Waals surface area contributed by atoms with Gasteiger partial charge in [0.2, 0.25) is 0 Å². The summed E-state index contributed by atoms with van der Waals surface area (Å²) in [6, 6.07) is 5.55. The van der Waals surface area contributed by atoms with Crippen LogP contribution in [0.3, 0.4) is 0 Å². The highest BCUT2D eigenvalue weighted by atomic mass is 16.7. The molecule has 0 bridgehead atoms. The van der Waals surface area contributed by atoms with Crippen molar-refractivity contribution in [1.82, 2.24) is 4.90 Å². The summed E-state index contributed by atoms with van der Waals surface area (Å²) >= 11 is 0. The maximum absolute atomic E-state index is 13.1. The summed E-state index contributed by atoms with van der Waals surface area (Å²) < 4.78 is 34.6. The van der Waals surface area contributed by atoms with Crippen molar-refractivity contribution in [3.05, 3.63) is 83.5 Å². The molecular formula is C56H91NO9. The highest BCUT2D eigenvalue weighted by Crippen LogP contribution is 2.19. The summed E-state index contributed by atoms with van der Waals surface area (Å²) in [5.41, 5.74) is 2.11. The van der Waals surface area contributed by atoms with Gasteiger partial charge in [0.15, 0.2) is 6.29 Å². The Labute approximate surface area is 401 Å². The molecule has 1 aliphatic rings. The zero-order valence-corrected chi connectivity index (χ0v) is 42.0. The van der Waals surface area contributed by atoms with E-state index in [1.54, 1.807) is 0 Å². The van der Waals surface area contributed by atoms with Gasteiger partial charge >= 0.3 is 18.1 Å². The first-order valence-electron chi connectivity index (χ1n) is 26.1. The van der Waals surface area contributed by atoms with Crippen molar-refractivity contribution in [3.63, 3.8) is 0 Å². The zero-order valence-electron chi connectivity index (χ0n) is 42.0. The predicted octanol–water partition coefficient (Wildman–Crippen LogP) is 14.4.